The molecule has 1 aromatic rings. The minimum atomic E-state index is -4.67. The second-order valence-corrected chi connectivity index (χ2v) is 3.01. The Labute approximate surface area is 84.4 Å². The van der Waals surface area contributed by atoms with Crippen LogP contribution in [0.3, 0.4) is 0 Å². The van der Waals surface area contributed by atoms with Crippen LogP contribution in [0.5, 0.6) is 5.75 Å². The zero-order valence-corrected chi connectivity index (χ0v) is 8.12. The van der Waals surface area contributed by atoms with Gasteiger partial charge in [-0.25, -0.2) is 0 Å². The Morgan fingerprint density at radius 1 is 1.36 bits per heavy atom. The van der Waals surface area contributed by atoms with Crippen LogP contribution in [0.1, 0.15) is 11.1 Å². The lowest BCUT2D eigenvalue weighted by Gasteiger charge is -2.14. The van der Waals surface area contributed by atoms with E-state index in [1.165, 1.54) is 19.1 Å². The van der Waals surface area contributed by atoms with E-state index in [4.69, 9.17) is 11.6 Å². The highest BCUT2D eigenvalue weighted by Crippen LogP contribution is 2.30. The molecule has 14 heavy (non-hydrogen) atoms. The molecule has 0 aromatic heterocycles. The van der Waals surface area contributed by atoms with E-state index in [1.54, 1.807) is 6.07 Å². The van der Waals surface area contributed by atoms with Gasteiger partial charge in [0.05, 0.1) is 5.88 Å². The van der Waals surface area contributed by atoms with E-state index >= 15 is 0 Å². The summed E-state index contributed by atoms with van der Waals surface area (Å²) >= 11 is 5.49. The van der Waals surface area contributed by atoms with Crippen molar-refractivity contribution in [2.45, 2.75) is 19.2 Å². The average molecular weight is 225 g/mol. The van der Waals surface area contributed by atoms with Crippen molar-refractivity contribution in [2.75, 3.05) is 0 Å². The van der Waals surface area contributed by atoms with Gasteiger partial charge in [-0.1, -0.05) is 18.2 Å². The largest absolute Gasteiger partial charge is 0.573 e. The quantitative estimate of drug-likeness (QED) is 0.697. The third kappa shape index (κ3) is 2.80. The lowest BCUT2D eigenvalue weighted by atomic mass is 10.1. The summed E-state index contributed by atoms with van der Waals surface area (Å²) < 4.78 is 39.8. The van der Waals surface area contributed by atoms with Gasteiger partial charge in [0.2, 0.25) is 0 Å². The predicted octanol–water partition coefficient (Wildman–Crippen LogP) is 3.63. The Morgan fingerprint density at radius 2 is 2.00 bits per heavy atom. The van der Waals surface area contributed by atoms with E-state index in [9.17, 15) is 13.2 Å². The molecule has 0 spiro atoms. The van der Waals surface area contributed by atoms with E-state index in [1.807, 2.05) is 0 Å². The van der Waals surface area contributed by atoms with Crippen LogP contribution in [-0.2, 0) is 5.88 Å². The van der Waals surface area contributed by atoms with E-state index in [0.717, 1.165) is 0 Å². The molecule has 0 saturated heterocycles. The molecule has 5 heteroatoms. The van der Waals surface area contributed by atoms with Gasteiger partial charge in [0.1, 0.15) is 5.75 Å². The monoisotopic (exact) mass is 224 g/mol. The molecule has 0 N–H and O–H groups in total. The van der Waals surface area contributed by atoms with Gasteiger partial charge in [-0.15, -0.1) is 24.8 Å². The fraction of sp³-hybridized carbons (Fsp3) is 0.333. The molecule has 0 aliphatic rings. The minimum Gasteiger partial charge on any atom is -0.405 e. The summed E-state index contributed by atoms with van der Waals surface area (Å²) in [7, 11) is 0. The zero-order chi connectivity index (χ0) is 10.8. The highest BCUT2D eigenvalue weighted by Gasteiger charge is 2.32. The lowest BCUT2D eigenvalue weighted by Crippen LogP contribution is -2.18. The first-order valence-electron chi connectivity index (χ1n) is 3.84. The highest BCUT2D eigenvalue weighted by atomic mass is 35.5. The molecule has 0 amide bonds. The number of ether oxygens (including phenoxy) is 1. The number of alkyl halides is 4. The number of benzene rings is 1. The van der Waals surface area contributed by atoms with Crippen molar-refractivity contribution in [1.29, 1.82) is 0 Å². The summed E-state index contributed by atoms with van der Waals surface area (Å²) in [6.07, 6.45) is -4.67. The standard InChI is InChI=1S/C9H8ClF3O/c1-6-3-2-4-7(5-10)8(6)14-9(11,12)13/h2-4H,5H2,1H3. The summed E-state index contributed by atoms with van der Waals surface area (Å²) in [6.45, 7) is 1.54. The molecule has 1 rings (SSSR count). The van der Waals surface area contributed by atoms with Gasteiger partial charge in [0, 0.05) is 5.56 Å². The summed E-state index contributed by atoms with van der Waals surface area (Å²) in [4.78, 5) is 0. The van der Waals surface area contributed by atoms with Crippen LogP contribution in [0, 0.1) is 6.92 Å². The number of hydrogen-bond acceptors (Lipinski definition) is 1. The van der Waals surface area contributed by atoms with Crippen molar-refractivity contribution in [3.05, 3.63) is 29.3 Å². The molecule has 0 atom stereocenters. The third-order valence-electron chi connectivity index (χ3n) is 1.66. The van der Waals surface area contributed by atoms with E-state index in [-0.39, 0.29) is 11.6 Å². The van der Waals surface area contributed by atoms with Crippen LogP contribution in [0.25, 0.3) is 0 Å². The molecular weight excluding hydrogens is 217 g/mol. The molecule has 0 unspecified atom stereocenters. The molecule has 0 radical (unpaired) electrons. The second-order valence-electron chi connectivity index (χ2n) is 2.74. The van der Waals surface area contributed by atoms with Crippen LogP contribution < -0.4 is 4.74 Å². The Balaban J connectivity index is 3.05. The molecule has 1 aromatic carbocycles. The Morgan fingerprint density at radius 3 is 2.50 bits per heavy atom. The molecule has 78 valence electrons. The number of hydrogen-bond donors (Lipinski definition) is 0. The fourth-order valence-electron chi connectivity index (χ4n) is 1.08. The maximum atomic E-state index is 12.0. The normalized spacial score (nSPS) is 11.5. The van der Waals surface area contributed by atoms with Crippen LogP contribution in [-0.4, -0.2) is 6.36 Å². The summed E-state index contributed by atoms with van der Waals surface area (Å²) in [6, 6.07) is 4.68. The van der Waals surface area contributed by atoms with E-state index in [2.05, 4.69) is 4.74 Å². The first-order chi connectivity index (χ1) is 6.44. The van der Waals surface area contributed by atoms with Crippen molar-refractivity contribution >= 4 is 11.6 Å². The van der Waals surface area contributed by atoms with Gasteiger partial charge in [-0.05, 0) is 12.5 Å². The van der Waals surface area contributed by atoms with Gasteiger partial charge in [0.25, 0.3) is 0 Å². The Kier molecular flexibility index (Phi) is 3.26. The minimum absolute atomic E-state index is 0.00685. The molecular formula is C9H8ClF3O. The van der Waals surface area contributed by atoms with E-state index in [0.29, 0.717) is 11.1 Å². The molecule has 0 heterocycles. The Hall–Kier alpha value is -0.900. The van der Waals surface area contributed by atoms with Crippen LogP contribution >= 0.6 is 11.6 Å². The van der Waals surface area contributed by atoms with Gasteiger partial charge < -0.3 is 4.74 Å². The number of para-hydroxylation sites is 1. The van der Waals surface area contributed by atoms with Crippen molar-refractivity contribution < 1.29 is 17.9 Å². The van der Waals surface area contributed by atoms with Crippen molar-refractivity contribution in [3.8, 4) is 5.75 Å². The SMILES string of the molecule is Cc1cccc(CCl)c1OC(F)(F)F. The summed E-state index contributed by atoms with van der Waals surface area (Å²) in [5.41, 5.74) is 0.754. The van der Waals surface area contributed by atoms with Crippen molar-refractivity contribution in [3.63, 3.8) is 0 Å². The first kappa shape index (κ1) is 11.2. The molecule has 0 aliphatic heterocycles. The Bertz CT molecular complexity index is 322. The topological polar surface area (TPSA) is 9.23 Å². The van der Waals surface area contributed by atoms with Crippen LogP contribution in [0.15, 0.2) is 18.2 Å². The maximum Gasteiger partial charge on any atom is 0.573 e. The fourth-order valence-corrected chi connectivity index (χ4v) is 1.29. The average Bonchev–Trinajstić information content (AvgIpc) is 2.06. The first-order valence-corrected chi connectivity index (χ1v) is 4.37. The van der Waals surface area contributed by atoms with E-state index < -0.39 is 6.36 Å². The molecule has 1 nitrogen and oxygen atoms in total. The van der Waals surface area contributed by atoms with Gasteiger partial charge in [-0.2, -0.15) is 0 Å². The zero-order valence-electron chi connectivity index (χ0n) is 7.36. The molecule has 0 bridgehead atoms. The van der Waals surface area contributed by atoms with Gasteiger partial charge in [0.15, 0.2) is 0 Å². The van der Waals surface area contributed by atoms with Crippen molar-refractivity contribution in [1.82, 2.24) is 0 Å². The predicted molar refractivity (Wildman–Crippen MR) is 47.4 cm³/mol. The molecule has 0 saturated carbocycles. The maximum absolute atomic E-state index is 12.0. The lowest BCUT2D eigenvalue weighted by molar-refractivity contribution is -0.275. The molecule has 0 aliphatic carbocycles. The smallest absolute Gasteiger partial charge is 0.405 e. The number of aryl methyl sites for hydroxylation is 1. The van der Waals surface area contributed by atoms with Crippen molar-refractivity contribution in [2.24, 2.45) is 0 Å². The number of halogens is 4. The molecule has 0 fully saturated rings. The highest BCUT2D eigenvalue weighted by molar-refractivity contribution is 6.17. The van der Waals surface area contributed by atoms with Gasteiger partial charge in [-0.3, -0.25) is 0 Å². The number of rotatable bonds is 2. The summed E-state index contributed by atoms with van der Waals surface area (Å²) in [5.74, 6) is -0.206. The van der Waals surface area contributed by atoms with Gasteiger partial charge >= 0.3 is 6.36 Å². The third-order valence-corrected chi connectivity index (χ3v) is 1.94. The summed E-state index contributed by atoms with van der Waals surface area (Å²) in [5, 5.41) is 0. The van der Waals surface area contributed by atoms with Crippen LogP contribution in [0.2, 0.25) is 0 Å². The second kappa shape index (κ2) is 4.09. The van der Waals surface area contributed by atoms with Crippen LogP contribution in [0.4, 0.5) is 13.2 Å².